The number of hydrogen-bond donors (Lipinski definition) is 1. The van der Waals surface area contributed by atoms with Gasteiger partial charge in [0.05, 0.1) is 17.2 Å². The number of benzene rings is 2. The number of halogens is 1. The number of carbonyl (C=O) groups excluding carboxylic acids is 1. The van der Waals surface area contributed by atoms with Crippen LogP contribution in [-0.4, -0.2) is 21.0 Å². The van der Waals surface area contributed by atoms with Gasteiger partial charge in [0, 0.05) is 10.5 Å². The highest BCUT2D eigenvalue weighted by Gasteiger charge is 2.15. The summed E-state index contributed by atoms with van der Waals surface area (Å²) in [7, 11) is -3.84. The van der Waals surface area contributed by atoms with E-state index >= 15 is 0 Å². The Bertz CT molecular complexity index is 964. The van der Waals surface area contributed by atoms with Crippen LogP contribution in [0.1, 0.15) is 18.1 Å². The van der Waals surface area contributed by atoms with Gasteiger partial charge in [-0.15, -0.1) is 0 Å². The van der Waals surface area contributed by atoms with Gasteiger partial charge in [0.2, 0.25) is 0 Å². The third-order valence-corrected chi connectivity index (χ3v) is 5.61. The van der Waals surface area contributed by atoms with Crippen molar-refractivity contribution in [3.63, 3.8) is 0 Å². The molecular weight excluding hydrogens is 430 g/mol. The summed E-state index contributed by atoms with van der Waals surface area (Å²) >= 11 is 3.43. The molecule has 0 aromatic heterocycles. The summed E-state index contributed by atoms with van der Waals surface area (Å²) in [6, 6.07) is 13.9. The van der Waals surface area contributed by atoms with Gasteiger partial charge in [0.1, 0.15) is 0 Å². The van der Waals surface area contributed by atoms with Crippen LogP contribution >= 0.6 is 15.9 Å². The zero-order valence-corrected chi connectivity index (χ0v) is 17.4. The Morgan fingerprint density at radius 1 is 1.15 bits per heavy atom. The molecule has 0 unspecified atom stereocenters. The van der Waals surface area contributed by atoms with Crippen LogP contribution in [0.25, 0.3) is 6.08 Å². The molecule has 0 aliphatic rings. The second kappa shape index (κ2) is 9.53. The van der Waals surface area contributed by atoms with E-state index in [4.69, 9.17) is 4.74 Å². The predicted molar refractivity (Wildman–Crippen MR) is 109 cm³/mol. The van der Waals surface area contributed by atoms with Gasteiger partial charge >= 0.3 is 5.97 Å². The summed E-state index contributed by atoms with van der Waals surface area (Å²) in [5.74, 6) is -0.629. The molecule has 0 fully saturated rings. The van der Waals surface area contributed by atoms with Crippen molar-refractivity contribution in [2.75, 3.05) is 6.61 Å². The number of rotatable bonds is 7. The SMILES string of the molecule is CCOC(=O)/C=C(/C=C/c1ccccc1Br)NS(=O)(=O)c1ccc(C)cc1. The zero-order valence-electron chi connectivity index (χ0n) is 15.0. The van der Waals surface area contributed by atoms with Crippen LogP contribution in [0.15, 0.2) is 75.7 Å². The number of aryl methyl sites for hydroxylation is 1. The Morgan fingerprint density at radius 3 is 2.44 bits per heavy atom. The monoisotopic (exact) mass is 449 g/mol. The van der Waals surface area contributed by atoms with E-state index < -0.39 is 16.0 Å². The maximum absolute atomic E-state index is 12.6. The van der Waals surface area contributed by atoms with E-state index in [1.54, 1.807) is 25.1 Å². The van der Waals surface area contributed by atoms with Crippen LogP contribution in [0.4, 0.5) is 0 Å². The minimum Gasteiger partial charge on any atom is -0.463 e. The van der Waals surface area contributed by atoms with Gasteiger partial charge in [-0.2, -0.15) is 0 Å². The van der Waals surface area contributed by atoms with Crippen LogP contribution in [0, 0.1) is 6.92 Å². The number of esters is 1. The second-order valence-electron chi connectivity index (χ2n) is 5.63. The first-order valence-electron chi connectivity index (χ1n) is 8.22. The summed E-state index contributed by atoms with van der Waals surface area (Å²) in [4.78, 5) is 11.9. The summed E-state index contributed by atoms with van der Waals surface area (Å²) in [6.45, 7) is 3.75. The third-order valence-electron chi connectivity index (χ3n) is 3.49. The van der Waals surface area contributed by atoms with Crippen molar-refractivity contribution in [2.24, 2.45) is 0 Å². The highest BCUT2D eigenvalue weighted by molar-refractivity contribution is 9.10. The van der Waals surface area contributed by atoms with Gasteiger partial charge in [-0.25, -0.2) is 13.2 Å². The lowest BCUT2D eigenvalue weighted by molar-refractivity contribution is -0.137. The summed E-state index contributed by atoms with van der Waals surface area (Å²) < 4.78 is 33.4. The molecule has 2 rings (SSSR count). The molecule has 2 aromatic rings. The van der Waals surface area contributed by atoms with Crippen LogP contribution in [-0.2, 0) is 19.6 Å². The molecule has 0 saturated carbocycles. The molecular formula is C20H20BrNO4S. The summed E-state index contributed by atoms with van der Waals surface area (Å²) in [6.07, 6.45) is 4.33. The largest absolute Gasteiger partial charge is 0.463 e. The Hall–Kier alpha value is -2.38. The number of nitrogens with one attached hydrogen (secondary N) is 1. The average molecular weight is 450 g/mol. The fourth-order valence-electron chi connectivity index (χ4n) is 2.14. The lowest BCUT2D eigenvalue weighted by Crippen LogP contribution is -2.23. The molecule has 0 aliphatic heterocycles. The normalized spacial score (nSPS) is 12.2. The molecule has 7 heteroatoms. The maximum atomic E-state index is 12.6. The number of sulfonamides is 1. The van der Waals surface area contributed by atoms with Crippen molar-refractivity contribution >= 4 is 38.0 Å². The third kappa shape index (κ3) is 6.37. The Morgan fingerprint density at radius 2 is 1.81 bits per heavy atom. The number of carbonyl (C=O) groups is 1. The van der Waals surface area contributed by atoms with E-state index in [0.717, 1.165) is 21.7 Å². The van der Waals surface area contributed by atoms with Crippen LogP contribution in [0.2, 0.25) is 0 Å². The quantitative estimate of drug-likeness (QED) is 0.390. The molecule has 27 heavy (non-hydrogen) atoms. The first-order valence-corrected chi connectivity index (χ1v) is 10.5. The first-order chi connectivity index (χ1) is 12.8. The topological polar surface area (TPSA) is 72.5 Å². The summed E-state index contributed by atoms with van der Waals surface area (Å²) in [5, 5.41) is 0. The van der Waals surface area contributed by atoms with Crippen molar-refractivity contribution in [1.82, 2.24) is 4.72 Å². The van der Waals surface area contributed by atoms with Crippen LogP contribution in [0.3, 0.4) is 0 Å². The lowest BCUT2D eigenvalue weighted by atomic mass is 10.2. The molecule has 0 atom stereocenters. The van der Waals surface area contributed by atoms with Crippen molar-refractivity contribution in [3.05, 3.63) is 82.0 Å². The van der Waals surface area contributed by atoms with E-state index in [1.807, 2.05) is 31.2 Å². The molecule has 5 nitrogen and oxygen atoms in total. The van der Waals surface area contributed by atoms with E-state index in [-0.39, 0.29) is 17.2 Å². The van der Waals surface area contributed by atoms with E-state index in [1.165, 1.54) is 18.2 Å². The number of ether oxygens (including phenoxy) is 1. The standard InChI is InChI=1S/C20H20BrNO4S/c1-3-26-20(23)14-17(11-10-16-6-4-5-7-19(16)21)22-27(24,25)18-12-8-15(2)9-13-18/h4-14,22H,3H2,1-2H3/b11-10+,17-14-. The fourth-order valence-corrected chi connectivity index (χ4v) is 3.61. The van der Waals surface area contributed by atoms with E-state index in [9.17, 15) is 13.2 Å². The summed E-state index contributed by atoms with van der Waals surface area (Å²) in [5.41, 5.74) is 1.89. The molecule has 0 radical (unpaired) electrons. The minimum atomic E-state index is -3.84. The van der Waals surface area contributed by atoms with Gasteiger partial charge in [-0.05, 0) is 43.7 Å². The Kier molecular flexibility index (Phi) is 7.38. The number of allylic oxidation sites excluding steroid dienone is 1. The van der Waals surface area contributed by atoms with Gasteiger partial charge in [0.25, 0.3) is 10.0 Å². The predicted octanol–water partition coefficient (Wildman–Crippen LogP) is 4.20. The molecule has 2 aromatic carbocycles. The zero-order chi connectivity index (χ0) is 19.9. The maximum Gasteiger partial charge on any atom is 0.332 e. The van der Waals surface area contributed by atoms with Gasteiger partial charge in [-0.3, -0.25) is 4.72 Å². The highest BCUT2D eigenvalue weighted by atomic mass is 79.9. The first kappa shape index (κ1) is 20.9. The van der Waals surface area contributed by atoms with Crippen molar-refractivity contribution in [3.8, 4) is 0 Å². The molecule has 0 spiro atoms. The van der Waals surface area contributed by atoms with Crippen molar-refractivity contribution in [2.45, 2.75) is 18.7 Å². The second-order valence-corrected chi connectivity index (χ2v) is 8.16. The molecule has 1 N–H and O–H groups in total. The molecule has 0 amide bonds. The van der Waals surface area contributed by atoms with Crippen LogP contribution in [0.5, 0.6) is 0 Å². The molecule has 0 saturated heterocycles. The van der Waals surface area contributed by atoms with Gasteiger partial charge in [-0.1, -0.05) is 57.9 Å². The average Bonchev–Trinajstić information content (AvgIpc) is 2.61. The fraction of sp³-hybridized carbons (Fsp3) is 0.150. The Labute approximate surface area is 167 Å². The van der Waals surface area contributed by atoms with E-state index in [0.29, 0.717) is 0 Å². The van der Waals surface area contributed by atoms with Gasteiger partial charge < -0.3 is 4.74 Å². The van der Waals surface area contributed by atoms with Crippen molar-refractivity contribution < 1.29 is 17.9 Å². The number of hydrogen-bond acceptors (Lipinski definition) is 4. The lowest BCUT2D eigenvalue weighted by Gasteiger charge is -2.09. The highest BCUT2D eigenvalue weighted by Crippen LogP contribution is 2.18. The van der Waals surface area contributed by atoms with Gasteiger partial charge in [0.15, 0.2) is 0 Å². The Balaban J connectivity index is 2.34. The molecule has 142 valence electrons. The smallest absolute Gasteiger partial charge is 0.332 e. The van der Waals surface area contributed by atoms with Crippen molar-refractivity contribution in [1.29, 1.82) is 0 Å². The molecule has 0 aliphatic carbocycles. The molecule has 0 heterocycles. The van der Waals surface area contributed by atoms with Crippen LogP contribution < -0.4 is 4.72 Å². The van der Waals surface area contributed by atoms with E-state index in [2.05, 4.69) is 20.7 Å². The molecule has 0 bridgehead atoms. The minimum absolute atomic E-state index is 0.102.